The van der Waals surface area contributed by atoms with Gasteiger partial charge in [0.05, 0.1) is 11.8 Å². The topological polar surface area (TPSA) is 42.7 Å². The molecule has 0 saturated carbocycles. The molecule has 0 aliphatic rings. The summed E-state index contributed by atoms with van der Waals surface area (Å²) >= 11 is 0. The number of hydrogen-bond acceptors (Lipinski definition) is 3. The van der Waals surface area contributed by atoms with E-state index in [-0.39, 0.29) is 0 Å². The minimum Gasteiger partial charge on any atom is -0.336 e. The van der Waals surface area contributed by atoms with Gasteiger partial charge in [0, 0.05) is 42.6 Å². The van der Waals surface area contributed by atoms with Gasteiger partial charge in [-0.1, -0.05) is 12.1 Å². The van der Waals surface area contributed by atoms with Crippen molar-refractivity contribution in [3.63, 3.8) is 0 Å². The average Bonchev–Trinajstić information content (AvgIpc) is 2.98. The Morgan fingerprint density at radius 3 is 2.95 bits per heavy atom. The van der Waals surface area contributed by atoms with E-state index in [1.54, 1.807) is 0 Å². The Morgan fingerprint density at radius 2 is 2.14 bits per heavy atom. The van der Waals surface area contributed by atoms with E-state index >= 15 is 0 Å². The van der Waals surface area contributed by atoms with Crippen LogP contribution in [-0.2, 0) is 13.1 Å². The van der Waals surface area contributed by atoms with E-state index in [9.17, 15) is 0 Å². The summed E-state index contributed by atoms with van der Waals surface area (Å²) < 4.78 is 2.09. The molecule has 3 rings (SSSR count). The largest absolute Gasteiger partial charge is 0.336 e. The molecule has 4 heteroatoms. The Bertz CT molecular complexity index is 719. The van der Waals surface area contributed by atoms with Gasteiger partial charge in [-0.05, 0) is 37.6 Å². The molecule has 21 heavy (non-hydrogen) atoms. The van der Waals surface area contributed by atoms with E-state index in [1.807, 2.05) is 25.6 Å². The van der Waals surface area contributed by atoms with Crippen LogP contribution in [0.15, 0.2) is 49.1 Å². The average molecular weight is 280 g/mol. The standard InChI is InChI=1S/C17H20N4/c1-13-3-5-16-9-15(4-6-17(16)20-13)10-19-14(2)11-21-8-7-18-12-21/h3-9,12,14,19H,10-11H2,1-2H3. The van der Waals surface area contributed by atoms with Crippen molar-refractivity contribution >= 4 is 10.9 Å². The van der Waals surface area contributed by atoms with Crippen LogP contribution >= 0.6 is 0 Å². The van der Waals surface area contributed by atoms with Gasteiger partial charge in [-0.3, -0.25) is 4.98 Å². The fourth-order valence-electron chi connectivity index (χ4n) is 2.45. The van der Waals surface area contributed by atoms with Gasteiger partial charge in [0.1, 0.15) is 0 Å². The highest BCUT2D eigenvalue weighted by Crippen LogP contribution is 2.14. The molecule has 0 spiro atoms. The highest BCUT2D eigenvalue weighted by molar-refractivity contribution is 5.79. The molecule has 1 N–H and O–H groups in total. The van der Waals surface area contributed by atoms with Gasteiger partial charge >= 0.3 is 0 Å². The first kappa shape index (κ1) is 13.8. The van der Waals surface area contributed by atoms with Gasteiger partial charge in [-0.2, -0.15) is 0 Å². The molecule has 1 unspecified atom stereocenters. The van der Waals surface area contributed by atoms with E-state index in [1.165, 1.54) is 10.9 Å². The summed E-state index contributed by atoms with van der Waals surface area (Å²) in [6.07, 6.45) is 5.65. The SMILES string of the molecule is Cc1ccc2cc(CNC(C)Cn3ccnc3)ccc2n1. The van der Waals surface area contributed by atoms with E-state index in [4.69, 9.17) is 0 Å². The summed E-state index contributed by atoms with van der Waals surface area (Å²) in [5.41, 5.74) is 3.40. The lowest BCUT2D eigenvalue weighted by Crippen LogP contribution is -2.29. The number of nitrogens with one attached hydrogen (secondary N) is 1. The summed E-state index contributed by atoms with van der Waals surface area (Å²) in [7, 11) is 0. The number of hydrogen-bond donors (Lipinski definition) is 1. The highest BCUT2D eigenvalue weighted by atomic mass is 15.1. The molecule has 2 heterocycles. The van der Waals surface area contributed by atoms with Gasteiger partial charge < -0.3 is 9.88 Å². The lowest BCUT2D eigenvalue weighted by atomic mass is 10.1. The number of aromatic nitrogens is 3. The third kappa shape index (κ3) is 3.47. The Hall–Kier alpha value is -2.20. The zero-order valence-electron chi connectivity index (χ0n) is 12.5. The predicted molar refractivity (Wildman–Crippen MR) is 85.0 cm³/mol. The molecule has 2 aromatic heterocycles. The van der Waals surface area contributed by atoms with Crippen LogP contribution in [0.25, 0.3) is 10.9 Å². The van der Waals surface area contributed by atoms with Crippen molar-refractivity contribution in [2.45, 2.75) is 33.0 Å². The summed E-state index contributed by atoms with van der Waals surface area (Å²) in [5.74, 6) is 0. The molecule has 108 valence electrons. The molecule has 0 saturated heterocycles. The molecule has 4 nitrogen and oxygen atoms in total. The smallest absolute Gasteiger partial charge is 0.0946 e. The third-order valence-electron chi connectivity index (χ3n) is 3.59. The first-order chi connectivity index (χ1) is 10.2. The second kappa shape index (κ2) is 6.06. The van der Waals surface area contributed by atoms with Gasteiger partial charge in [0.2, 0.25) is 0 Å². The molecule has 0 aliphatic carbocycles. The fraction of sp³-hybridized carbons (Fsp3) is 0.294. The maximum absolute atomic E-state index is 4.53. The number of fused-ring (bicyclic) bond motifs is 1. The van der Waals surface area contributed by atoms with Crippen LogP contribution in [0.1, 0.15) is 18.2 Å². The molecule has 3 aromatic rings. The Balaban J connectivity index is 1.63. The van der Waals surface area contributed by atoms with Crippen LogP contribution in [-0.4, -0.2) is 20.6 Å². The summed E-state index contributed by atoms with van der Waals surface area (Å²) in [4.78, 5) is 8.59. The first-order valence-corrected chi connectivity index (χ1v) is 7.26. The number of rotatable bonds is 5. The quantitative estimate of drug-likeness (QED) is 0.781. The lowest BCUT2D eigenvalue weighted by Gasteiger charge is -2.14. The van der Waals surface area contributed by atoms with E-state index in [0.717, 1.165) is 24.3 Å². The summed E-state index contributed by atoms with van der Waals surface area (Å²) in [6, 6.07) is 11.0. The van der Waals surface area contributed by atoms with Gasteiger partial charge in [-0.15, -0.1) is 0 Å². The fourth-order valence-corrected chi connectivity index (χ4v) is 2.45. The number of imidazole rings is 1. The molecule has 0 radical (unpaired) electrons. The van der Waals surface area contributed by atoms with Crippen molar-refractivity contribution < 1.29 is 0 Å². The second-order valence-corrected chi connectivity index (χ2v) is 5.52. The highest BCUT2D eigenvalue weighted by Gasteiger charge is 2.03. The molecular weight excluding hydrogens is 260 g/mol. The van der Waals surface area contributed by atoms with E-state index < -0.39 is 0 Å². The predicted octanol–water partition coefficient (Wildman–Crippen LogP) is 2.92. The molecule has 0 bridgehead atoms. The number of aryl methyl sites for hydroxylation is 1. The minimum absolute atomic E-state index is 0.394. The van der Waals surface area contributed by atoms with Gasteiger partial charge in [-0.25, -0.2) is 4.98 Å². The van der Waals surface area contributed by atoms with Crippen molar-refractivity contribution in [3.05, 3.63) is 60.3 Å². The van der Waals surface area contributed by atoms with E-state index in [0.29, 0.717) is 6.04 Å². The van der Waals surface area contributed by atoms with Crippen molar-refractivity contribution in [1.29, 1.82) is 0 Å². The van der Waals surface area contributed by atoms with Crippen LogP contribution in [0.2, 0.25) is 0 Å². The van der Waals surface area contributed by atoms with Crippen molar-refractivity contribution in [1.82, 2.24) is 19.9 Å². The molecule has 1 aromatic carbocycles. The second-order valence-electron chi connectivity index (χ2n) is 5.52. The maximum atomic E-state index is 4.53. The Kier molecular flexibility index (Phi) is 3.97. The number of pyridine rings is 1. The Morgan fingerprint density at radius 1 is 1.24 bits per heavy atom. The molecule has 1 atom stereocenters. The van der Waals surface area contributed by atoms with Crippen molar-refractivity contribution in [2.24, 2.45) is 0 Å². The monoisotopic (exact) mass is 280 g/mol. The van der Waals surface area contributed by atoms with Crippen LogP contribution in [0, 0.1) is 6.92 Å². The van der Waals surface area contributed by atoms with Crippen LogP contribution in [0.5, 0.6) is 0 Å². The third-order valence-corrected chi connectivity index (χ3v) is 3.59. The van der Waals surface area contributed by atoms with Crippen LogP contribution < -0.4 is 5.32 Å². The van der Waals surface area contributed by atoms with Gasteiger partial charge in [0.15, 0.2) is 0 Å². The molecule has 0 fully saturated rings. The number of benzene rings is 1. The maximum Gasteiger partial charge on any atom is 0.0946 e. The number of nitrogens with zero attached hydrogens (tertiary/aromatic N) is 3. The van der Waals surface area contributed by atoms with Crippen LogP contribution in [0.4, 0.5) is 0 Å². The zero-order valence-corrected chi connectivity index (χ0v) is 12.5. The minimum atomic E-state index is 0.394. The zero-order chi connectivity index (χ0) is 14.7. The Labute approximate surface area is 124 Å². The first-order valence-electron chi connectivity index (χ1n) is 7.26. The van der Waals surface area contributed by atoms with E-state index in [2.05, 4.69) is 57.1 Å². The summed E-state index contributed by atoms with van der Waals surface area (Å²) in [5, 5.41) is 4.74. The van der Waals surface area contributed by atoms with Crippen molar-refractivity contribution in [3.8, 4) is 0 Å². The summed E-state index contributed by atoms with van der Waals surface area (Å²) in [6.45, 7) is 5.99. The molecular formula is C17H20N4. The van der Waals surface area contributed by atoms with Crippen LogP contribution in [0.3, 0.4) is 0 Å². The molecule has 0 aliphatic heterocycles. The van der Waals surface area contributed by atoms with Crippen molar-refractivity contribution in [2.75, 3.05) is 0 Å². The normalized spacial score (nSPS) is 12.7. The lowest BCUT2D eigenvalue weighted by molar-refractivity contribution is 0.476. The molecule has 0 amide bonds. The van der Waals surface area contributed by atoms with Gasteiger partial charge in [0.25, 0.3) is 0 Å².